The number of halogens is 2. The van der Waals surface area contributed by atoms with Crippen molar-refractivity contribution in [2.24, 2.45) is 5.92 Å². The molecule has 0 saturated carbocycles. The molecule has 144 valence electrons. The summed E-state index contributed by atoms with van der Waals surface area (Å²) < 4.78 is 37.2. The van der Waals surface area contributed by atoms with Gasteiger partial charge in [0.15, 0.2) is 17.4 Å². The van der Waals surface area contributed by atoms with Crippen LogP contribution in [-0.4, -0.2) is 56.3 Å². The Labute approximate surface area is 150 Å². The summed E-state index contributed by atoms with van der Waals surface area (Å²) in [6.45, 7) is 5.42. The predicted octanol–water partition coefficient (Wildman–Crippen LogP) is 1.98. The van der Waals surface area contributed by atoms with Gasteiger partial charge in [0, 0.05) is 30.9 Å². The van der Waals surface area contributed by atoms with Gasteiger partial charge in [-0.1, -0.05) is 13.8 Å². The molecule has 26 heavy (non-hydrogen) atoms. The van der Waals surface area contributed by atoms with Crippen LogP contribution >= 0.6 is 0 Å². The van der Waals surface area contributed by atoms with Crippen molar-refractivity contribution in [3.63, 3.8) is 0 Å². The van der Waals surface area contributed by atoms with E-state index in [2.05, 4.69) is 15.4 Å². The first kappa shape index (κ1) is 19.9. The Hall–Kier alpha value is -2.42. The van der Waals surface area contributed by atoms with Crippen LogP contribution in [0.4, 0.5) is 19.3 Å². The Morgan fingerprint density at radius 3 is 2.27 bits per heavy atom. The van der Waals surface area contributed by atoms with Gasteiger partial charge in [-0.25, -0.2) is 13.6 Å². The Kier molecular flexibility index (Phi) is 6.73. The second-order valence-corrected chi connectivity index (χ2v) is 6.23. The minimum atomic E-state index is -0.937. The number of carbonyl (C=O) groups excluding carboxylic acids is 2. The molecule has 2 rings (SSSR count). The number of carbonyl (C=O) groups is 2. The maximum atomic E-state index is 13.7. The van der Waals surface area contributed by atoms with Gasteiger partial charge in [0.1, 0.15) is 6.04 Å². The molecule has 1 fully saturated rings. The van der Waals surface area contributed by atoms with Gasteiger partial charge < -0.3 is 25.0 Å². The van der Waals surface area contributed by atoms with Crippen molar-refractivity contribution in [2.45, 2.75) is 19.9 Å². The summed E-state index contributed by atoms with van der Waals surface area (Å²) in [5.41, 5.74) is -0.0837. The standard InChI is InChI=1S/C17H23F2N3O4/c1-10(2)14(16(23)22-4-6-26-7-5-22)21-17(24)20-11-8-12(18)15(25-3)13(19)9-11/h8-10,14H,4-7H2,1-3H3,(H2,20,21,24). The number of hydrogen-bond acceptors (Lipinski definition) is 4. The molecule has 9 heteroatoms. The number of nitrogens with zero attached hydrogens (tertiary/aromatic N) is 1. The minimum absolute atomic E-state index is 0.0837. The maximum absolute atomic E-state index is 13.7. The third kappa shape index (κ3) is 4.81. The summed E-state index contributed by atoms with van der Waals surface area (Å²) in [6.07, 6.45) is 0. The van der Waals surface area contributed by atoms with Crippen molar-refractivity contribution < 1.29 is 27.8 Å². The lowest BCUT2D eigenvalue weighted by Gasteiger charge is -2.32. The van der Waals surface area contributed by atoms with Crippen LogP contribution < -0.4 is 15.4 Å². The molecule has 0 spiro atoms. The van der Waals surface area contributed by atoms with Crippen LogP contribution in [0, 0.1) is 17.6 Å². The van der Waals surface area contributed by atoms with Gasteiger partial charge in [-0.2, -0.15) is 0 Å². The third-order valence-electron chi connectivity index (χ3n) is 4.00. The van der Waals surface area contributed by atoms with Crippen molar-refractivity contribution in [2.75, 3.05) is 38.7 Å². The molecule has 1 atom stereocenters. The van der Waals surface area contributed by atoms with Crippen molar-refractivity contribution in [1.82, 2.24) is 10.2 Å². The second kappa shape index (κ2) is 8.79. The first-order valence-corrected chi connectivity index (χ1v) is 8.30. The molecule has 0 aliphatic carbocycles. The fourth-order valence-electron chi connectivity index (χ4n) is 2.63. The number of hydrogen-bond donors (Lipinski definition) is 2. The molecule has 1 saturated heterocycles. The number of ether oxygens (including phenoxy) is 2. The van der Waals surface area contributed by atoms with E-state index < -0.39 is 29.5 Å². The number of benzene rings is 1. The van der Waals surface area contributed by atoms with Gasteiger partial charge in [-0.15, -0.1) is 0 Å². The fraction of sp³-hybridized carbons (Fsp3) is 0.529. The Balaban J connectivity index is 2.04. The van der Waals surface area contributed by atoms with Crippen molar-refractivity contribution in [1.29, 1.82) is 0 Å². The Morgan fingerprint density at radius 2 is 1.77 bits per heavy atom. The maximum Gasteiger partial charge on any atom is 0.319 e. The first-order chi connectivity index (χ1) is 12.3. The highest BCUT2D eigenvalue weighted by Gasteiger charge is 2.29. The number of methoxy groups -OCH3 is 1. The largest absolute Gasteiger partial charge is 0.491 e. The quantitative estimate of drug-likeness (QED) is 0.830. The normalized spacial score (nSPS) is 15.5. The molecular weight excluding hydrogens is 348 g/mol. The van der Waals surface area contributed by atoms with Gasteiger partial charge in [-0.05, 0) is 5.92 Å². The number of morpholine rings is 1. The number of urea groups is 1. The van der Waals surface area contributed by atoms with Gasteiger partial charge >= 0.3 is 6.03 Å². The zero-order chi connectivity index (χ0) is 19.3. The number of nitrogens with one attached hydrogen (secondary N) is 2. The summed E-state index contributed by atoms with van der Waals surface area (Å²) in [6, 6.07) is 0.390. The molecule has 0 radical (unpaired) electrons. The van der Waals surface area contributed by atoms with Gasteiger partial charge in [0.2, 0.25) is 5.91 Å². The van der Waals surface area contributed by atoms with E-state index >= 15 is 0 Å². The Bertz CT molecular complexity index is 640. The van der Waals surface area contributed by atoms with Crippen LogP contribution in [0.25, 0.3) is 0 Å². The van der Waals surface area contributed by atoms with Crippen LogP contribution in [0.3, 0.4) is 0 Å². The lowest BCUT2D eigenvalue weighted by atomic mass is 10.0. The van der Waals surface area contributed by atoms with E-state index in [0.29, 0.717) is 26.3 Å². The predicted molar refractivity (Wildman–Crippen MR) is 91.1 cm³/mol. The smallest absolute Gasteiger partial charge is 0.319 e. The van der Waals surface area contributed by atoms with Crippen molar-refractivity contribution in [3.8, 4) is 5.75 Å². The number of anilines is 1. The van der Waals surface area contributed by atoms with E-state index in [1.807, 2.05) is 0 Å². The van der Waals surface area contributed by atoms with Gasteiger partial charge in [0.05, 0.1) is 20.3 Å². The summed E-state index contributed by atoms with van der Waals surface area (Å²) in [5, 5.41) is 4.91. The molecule has 7 nitrogen and oxygen atoms in total. The molecule has 3 amide bonds. The number of rotatable bonds is 5. The lowest BCUT2D eigenvalue weighted by Crippen LogP contribution is -2.54. The van der Waals surface area contributed by atoms with Crippen LogP contribution in [0.5, 0.6) is 5.75 Å². The topological polar surface area (TPSA) is 79.9 Å². The monoisotopic (exact) mass is 371 g/mol. The fourth-order valence-corrected chi connectivity index (χ4v) is 2.63. The van der Waals surface area contributed by atoms with Crippen molar-refractivity contribution >= 4 is 17.6 Å². The van der Waals surface area contributed by atoms with Crippen LogP contribution in [0.1, 0.15) is 13.8 Å². The van der Waals surface area contributed by atoms with Gasteiger partial charge in [-0.3, -0.25) is 4.79 Å². The van der Waals surface area contributed by atoms with E-state index in [4.69, 9.17) is 4.74 Å². The van der Waals surface area contributed by atoms with Gasteiger partial charge in [0.25, 0.3) is 0 Å². The molecule has 1 aliphatic rings. The van der Waals surface area contributed by atoms with Crippen molar-refractivity contribution in [3.05, 3.63) is 23.8 Å². The Morgan fingerprint density at radius 1 is 1.19 bits per heavy atom. The molecule has 1 aliphatic heterocycles. The zero-order valence-electron chi connectivity index (χ0n) is 15.0. The molecule has 1 heterocycles. The van der Waals surface area contributed by atoms with E-state index in [9.17, 15) is 18.4 Å². The average Bonchev–Trinajstić information content (AvgIpc) is 2.59. The zero-order valence-corrected chi connectivity index (χ0v) is 15.0. The molecule has 1 aromatic carbocycles. The third-order valence-corrected chi connectivity index (χ3v) is 4.00. The summed E-state index contributed by atoms with van der Waals surface area (Å²) in [4.78, 5) is 26.4. The van der Waals surface area contributed by atoms with Crippen LogP contribution in [0.2, 0.25) is 0 Å². The summed E-state index contributed by atoms with van der Waals surface area (Å²) in [7, 11) is 1.14. The lowest BCUT2D eigenvalue weighted by molar-refractivity contribution is -0.138. The molecule has 0 aromatic heterocycles. The highest BCUT2D eigenvalue weighted by Crippen LogP contribution is 2.25. The molecule has 0 bridgehead atoms. The molecule has 1 unspecified atom stereocenters. The molecule has 2 N–H and O–H groups in total. The van der Waals surface area contributed by atoms with E-state index in [1.165, 1.54) is 0 Å². The summed E-state index contributed by atoms with van der Waals surface area (Å²) in [5.74, 6) is -2.79. The van der Waals surface area contributed by atoms with E-state index in [1.54, 1.807) is 18.7 Å². The number of amides is 3. The summed E-state index contributed by atoms with van der Waals surface area (Å²) >= 11 is 0. The highest BCUT2D eigenvalue weighted by molar-refractivity contribution is 5.94. The second-order valence-electron chi connectivity index (χ2n) is 6.23. The van der Waals surface area contributed by atoms with E-state index in [0.717, 1.165) is 19.2 Å². The minimum Gasteiger partial charge on any atom is -0.491 e. The van der Waals surface area contributed by atoms with Crippen LogP contribution in [0.15, 0.2) is 12.1 Å². The highest BCUT2D eigenvalue weighted by atomic mass is 19.1. The molecule has 1 aromatic rings. The SMILES string of the molecule is COc1c(F)cc(NC(=O)NC(C(=O)N2CCOCC2)C(C)C)cc1F. The first-order valence-electron chi connectivity index (χ1n) is 8.30. The van der Waals surface area contributed by atoms with Crippen LogP contribution in [-0.2, 0) is 9.53 Å². The molecular formula is C17H23F2N3O4. The average molecular weight is 371 g/mol. The van der Waals surface area contributed by atoms with E-state index in [-0.39, 0.29) is 17.5 Å².